The lowest BCUT2D eigenvalue weighted by Gasteiger charge is -2.11. The van der Waals surface area contributed by atoms with Gasteiger partial charge >= 0.3 is 0 Å². The van der Waals surface area contributed by atoms with Crippen molar-refractivity contribution in [1.82, 2.24) is 10.6 Å². The minimum absolute atomic E-state index is 0.235. The second-order valence-electron chi connectivity index (χ2n) is 3.51. The molecule has 0 bridgehead atoms. The average molecular weight is 265 g/mol. The van der Waals surface area contributed by atoms with Gasteiger partial charge in [-0.1, -0.05) is 11.8 Å². The maximum Gasteiger partial charge on any atom is 0.252 e. The van der Waals surface area contributed by atoms with Gasteiger partial charge in [-0.3, -0.25) is 9.59 Å². The van der Waals surface area contributed by atoms with Gasteiger partial charge in [0.15, 0.2) is 0 Å². The van der Waals surface area contributed by atoms with E-state index in [0.717, 1.165) is 4.88 Å². The van der Waals surface area contributed by atoms with E-state index in [0.29, 0.717) is 5.56 Å². The van der Waals surface area contributed by atoms with Crippen molar-refractivity contribution in [3.63, 3.8) is 0 Å². The highest BCUT2D eigenvalue weighted by atomic mass is 32.1. The van der Waals surface area contributed by atoms with Crippen molar-refractivity contribution in [2.45, 2.75) is 13.0 Å². The fraction of sp³-hybridized carbons (Fsp3) is 0.333. The number of hydrogen-bond donors (Lipinski definition) is 3. The summed E-state index contributed by atoms with van der Waals surface area (Å²) in [6.07, 6.45) is 0. The molecule has 0 saturated heterocycles. The molecule has 96 valence electrons. The van der Waals surface area contributed by atoms with Gasteiger partial charge in [0.1, 0.15) is 6.04 Å². The van der Waals surface area contributed by atoms with E-state index in [9.17, 15) is 9.59 Å². The minimum atomic E-state index is -0.569. The second kappa shape index (κ2) is 6.79. The van der Waals surface area contributed by atoms with Crippen molar-refractivity contribution in [2.75, 3.05) is 13.6 Å². The molecule has 0 spiro atoms. The molecular formula is C12H15N3O2S. The Morgan fingerprint density at radius 3 is 2.89 bits per heavy atom. The number of carbonyl (C=O) groups is 2. The maximum atomic E-state index is 11.8. The van der Waals surface area contributed by atoms with Crippen LogP contribution in [0.25, 0.3) is 0 Å². The Balaban J connectivity index is 2.67. The zero-order chi connectivity index (χ0) is 13.5. The number of thiophene rings is 1. The quantitative estimate of drug-likeness (QED) is 0.668. The first-order chi connectivity index (χ1) is 8.58. The molecule has 0 aliphatic carbocycles. The van der Waals surface area contributed by atoms with E-state index in [1.807, 2.05) is 0 Å². The Morgan fingerprint density at radius 1 is 1.56 bits per heavy atom. The van der Waals surface area contributed by atoms with Gasteiger partial charge in [-0.25, -0.2) is 0 Å². The molecule has 1 atom stereocenters. The van der Waals surface area contributed by atoms with Crippen molar-refractivity contribution in [3.8, 4) is 11.8 Å². The molecule has 1 aromatic rings. The van der Waals surface area contributed by atoms with Crippen LogP contribution in [0.4, 0.5) is 0 Å². The largest absolute Gasteiger partial charge is 0.357 e. The Kier molecular flexibility index (Phi) is 5.36. The number of nitrogens with two attached hydrogens (primary N) is 1. The van der Waals surface area contributed by atoms with E-state index in [-0.39, 0.29) is 18.4 Å². The third kappa shape index (κ3) is 3.87. The second-order valence-corrected chi connectivity index (χ2v) is 4.43. The summed E-state index contributed by atoms with van der Waals surface area (Å²) in [5.74, 6) is 5.05. The van der Waals surface area contributed by atoms with Gasteiger partial charge in [-0.2, -0.15) is 0 Å². The first-order valence-electron chi connectivity index (χ1n) is 5.38. The smallest absolute Gasteiger partial charge is 0.252 e. The first kappa shape index (κ1) is 14.2. The molecule has 1 heterocycles. The summed E-state index contributed by atoms with van der Waals surface area (Å²) in [6.45, 7) is 1.91. The maximum absolute atomic E-state index is 11.8. The van der Waals surface area contributed by atoms with Crippen LogP contribution in [0, 0.1) is 11.8 Å². The summed E-state index contributed by atoms with van der Waals surface area (Å²) in [5.41, 5.74) is 5.76. The highest BCUT2D eigenvalue weighted by Crippen LogP contribution is 2.13. The van der Waals surface area contributed by atoms with Crippen LogP contribution in [-0.4, -0.2) is 31.4 Å². The lowest BCUT2D eigenvalue weighted by Crippen LogP contribution is -2.43. The van der Waals surface area contributed by atoms with Crippen molar-refractivity contribution < 1.29 is 9.59 Å². The van der Waals surface area contributed by atoms with Crippen molar-refractivity contribution in [2.24, 2.45) is 5.73 Å². The molecule has 0 aromatic carbocycles. The molecule has 6 heteroatoms. The van der Waals surface area contributed by atoms with Crippen LogP contribution in [0.3, 0.4) is 0 Å². The molecule has 5 nitrogen and oxygen atoms in total. The molecule has 0 aliphatic heterocycles. The molecule has 1 rings (SSSR count). The number of hydrogen-bond acceptors (Lipinski definition) is 4. The van der Waals surface area contributed by atoms with Crippen LogP contribution in [-0.2, 0) is 4.79 Å². The monoisotopic (exact) mass is 265 g/mol. The lowest BCUT2D eigenvalue weighted by atomic mass is 10.2. The Bertz CT molecular complexity index is 499. The van der Waals surface area contributed by atoms with Crippen LogP contribution in [0.1, 0.15) is 22.2 Å². The number of carbonyl (C=O) groups excluding carboxylic acids is 2. The van der Waals surface area contributed by atoms with Crippen LogP contribution in [0.5, 0.6) is 0 Å². The van der Waals surface area contributed by atoms with E-state index >= 15 is 0 Å². The zero-order valence-electron chi connectivity index (χ0n) is 10.2. The van der Waals surface area contributed by atoms with E-state index in [1.165, 1.54) is 18.4 Å². The van der Waals surface area contributed by atoms with E-state index < -0.39 is 6.04 Å². The highest BCUT2D eigenvalue weighted by Gasteiger charge is 2.15. The Hall–Kier alpha value is -1.84. The fourth-order valence-electron chi connectivity index (χ4n) is 1.22. The van der Waals surface area contributed by atoms with Crippen molar-refractivity contribution in [3.05, 3.63) is 21.9 Å². The SMILES string of the molecule is CNC(=O)C(C)NC(=O)c1csc(C#CCN)c1. The normalized spacial score (nSPS) is 11.1. The summed E-state index contributed by atoms with van der Waals surface area (Å²) in [6, 6.07) is 1.11. The van der Waals surface area contributed by atoms with Gasteiger partial charge in [-0.05, 0) is 13.0 Å². The topological polar surface area (TPSA) is 84.2 Å². The summed E-state index contributed by atoms with van der Waals surface area (Å²) < 4.78 is 0. The summed E-state index contributed by atoms with van der Waals surface area (Å²) in [4.78, 5) is 23.8. The van der Waals surface area contributed by atoms with E-state index in [2.05, 4.69) is 22.5 Å². The van der Waals surface area contributed by atoms with Crippen molar-refractivity contribution in [1.29, 1.82) is 0 Å². The van der Waals surface area contributed by atoms with Crippen LogP contribution in [0.15, 0.2) is 11.4 Å². The molecule has 1 unspecified atom stereocenters. The van der Waals surface area contributed by atoms with Gasteiger partial charge in [0, 0.05) is 12.4 Å². The number of amides is 2. The van der Waals surface area contributed by atoms with E-state index in [1.54, 1.807) is 18.4 Å². The van der Waals surface area contributed by atoms with Gasteiger partial charge < -0.3 is 16.4 Å². The Morgan fingerprint density at radius 2 is 2.28 bits per heavy atom. The van der Waals surface area contributed by atoms with E-state index in [4.69, 9.17) is 5.73 Å². The third-order valence-electron chi connectivity index (χ3n) is 2.16. The summed E-state index contributed by atoms with van der Waals surface area (Å²) in [7, 11) is 1.52. The first-order valence-corrected chi connectivity index (χ1v) is 6.26. The van der Waals surface area contributed by atoms with Gasteiger partial charge in [0.05, 0.1) is 17.0 Å². The Labute approximate surface area is 110 Å². The number of nitrogens with one attached hydrogen (secondary N) is 2. The third-order valence-corrected chi connectivity index (χ3v) is 3.01. The minimum Gasteiger partial charge on any atom is -0.357 e. The predicted molar refractivity (Wildman–Crippen MR) is 71.2 cm³/mol. The molecular weight excluding hydrogens is 250 g/mol. The molecule has 0 saturated carbocycles. The van der Waals surface area contributed by atoms with Crippen LogP contribution >= 0.6 is 11.3 Å². The van der Waals surface area contributed by atoms with Crippen molar-refractivity contribution >= 4 is 23.2 Å². The molecule has 1 aromatic heterocycles. The predicted octanol–water partition coefficient (Wildman–Crippen LogP) is -0.0774. The number of rotatable bonds is 3. The zero-order valence-corrected chi connectivity index (χ0v) is 11.1. The number of likely N-dealkylation sites (N-methyl/N-ethyl adjacent to an activating group) is 1. The van der Waals surface area contributed by atoms with Gasteiger partial charge in [-0.15, -0.1) is 11.3 Å². The average Bonchev–Trinajstić information content (AvgIpc) is 2.83. The molecule has 0 radical (unpaired) electrons. The van der Waals surface area contributed by atoms with Gasteiger partial charge in [0.2, 0.25) is 5.91 Å². The summed E-state index contributed by atoms with van der Waals surface area (Å²) in [5, 5.41) is 6.77. The standard InChI is InChI=1S/C12H15N3O2S/c1-8(11(16)14-2)15-12(17)9-6-10(18-7-9)4-3-5-13/h6-8H,5,13H2,1-2H3,(H,14,16)(H,15,17). The fourth-order valence-corrected chi connectivity index (χ4v) is 1.98. The highest BCUT2D eigenvalue weighted by molar-refractivity contribution is 7.10. The molecule has 0 fully saturated rings. The van der Waals surface area contributed by atoms with Crippen LogP contribution in [0.2, 0.25) is 0 Å². The molecule has 4 N–H and O–H groups in total. The molecule has 0 aliphatic rings. The molecule has 18 heavy (non-hydrogen) atoms. The summed E-state index contributed by atoms with van der Waals surface area (Å²) >= 11 is 1.37. The van der Waals surface area contributed by atoms with Crippen LogP contribution < -0.4 is 16.4 Å². The van der Waals surface area contributed by atoms with Gasteiger partial charge in [0.25, 0.3) is 5.91 Å². The molecule has 2 amide bonds. The lowest BCUT2D eigenvalue weighted by molar-refractivity contribution is -0.122.